The number of carbonyl (C=O) groups excluding carboxylic acids is 2. The van der Waals surface area contributed by atoms with Crippen molar-refractivity contribution in [3.05, 3.63) is 0 Å². The molecule has 7 heteroatoms. The molecule has 0 aromatic carbocycles. The average Bonchev–Trinajstić information content (AvgIpc) is 2.54. The Bertz CT molecular complexity index is 389. The van der Waals surface area contributed by atoms with Crippen molar-refractivity contribution in [2.24, 2.45) is 5.92 Å². The van der Waals surface area contributed by atoms with Crippen LogP contribution in [0.5, 0.6) is 0 Å². The van der Waals surface area contributed by atoms with Gasteiger partial charge in [-0.1, -0.05) is 33.1 Å². The Morgan fingerprint density at radius 1 is 1.08 bits per heavy atom. The largest absolute Gasteiger partial charge is 0.481 e. The number of esters is 1. The molecule has 0 spiro atoms. The summed E-state index contributed by atoms with van der Waals surface area (Å²) in [6.45, 7) is 5.61. The number of ether oxygens (including phenoxy) is 2. The fourth-order valence-electron chi connectivity index (χ4n) is 2.57. The maximum atomic E-state index is 11.8. The quantitative estimate of drug-likeness (QED) is 0.504. The number of alkyl carbamates (subject to hydrolysis) is 1. The molecular formula is C18H33NO6. The van der Waals surface area contributed by atoms with Crippen LogP contribution in [0.1, 0.15) is 78.6 Å². The van der Waals surface area contributed by atoms with E-state index in [1.165, 1.54) is 32.1 Å². The molecule has 1 aliphatic carbocycles. The van der Waals surface area contributed by atoms with Crippen LogP contribution in [0.4, 0.5) is 4.79 Å². The molecule has 1 amide bonds. The zero-order valence-electron chi connectivity index (χ0n) is 15.7. The van der Waals surface area contributed by atoms with E-state index in [1.807, 2.05) is 13.8 Å². The third-order valence-corrected chi connectivity index (χ3v) is 3.74. The van der Waals surface area contributed by atoms with E-state index in [1.54, 1.807) is 0 Å². The highest BCUT2D eigenvalue weighted by Crippen LogP contribution is 2.22. The van der Waals surface area contributed by atoms with Crippen molar-refractivity contribution in [3.63, 3.8) is 0 Å². The summed E-state index contributed by atoms with van der Waals surface area (Å²) in [5.74, 6) is -0.588. The number of hydrogen-bond acceptors (Lipinski definition) is 5. The summed E-state index contributed by atoms with van der Waals surface area (Å²) in [5, 5.41) is 10.2. The van der Waals surface area contributed by atoms with Crippen LogP contribution in [0.3, 0.4) is 0 Å². The highest BCUT2D eigenvalue weighted by atomic mass is 16.7. The van der Waals surface area contributed by atoms with E-state index in [9.17, 15) is 9.59 Å². The molecule has 0 aromatic heterocycles. The molecular weight excluding hydrogens is 326 g/mol. The molecule has 0 saturated heterocycles. The highest BCUT2D eigenvalue weighted by molar-refractivity contribution is 5.70. The molecule has 1 unspecified atom stereocenters. The fraction of sp³-hybridized carbons (Fsp3) is 0.833. The zero-order chi connectivity index (χ0) is 19.1. The van der Waals surface area contributed by atoms with Crippen LogP contribution in [0.25, 0.3) is 0 Å². The van der Waals surface area contributed by atoms with Gasteiger partial charge in [-0.05, 0) is 31.6 Å². The molecule has 7 nitrogen and oxygen atoms in total. The van der Waals surface area contributed by atoms with Gasteiger partial charge in [0.15, 0.2) is 0 Å². The fourth-order valence-corrected chi connectivity index (χ4v) is 2.57. The van der Waals surface area contributed by atoms with Gasteiger partial charge in [0, 0.05) is 26.3 Å². The number of carbonyl (C=O) groups is 3. The standard InChI is InChI=1S/C16H29NO4.C2H4O2/c1-3-8-14(18)20-15(9-4-2)21-16(19)17-12-13-10-6-5-7-11-13;1-2(3)4/h13,15H,3-12H2,1-2H3,(H,17,19);1H3,(H,3,4). The van der Waals surface area contributed by atoms with E-state index < -0.39 is 18.4 Å². The first kappa shape index (κ1) is 23.2. The maximum absolute atomic E-state index is 11.8. The van der Waals surface area contributed by atoms with Crippen LogP contribution in [0, 0.1) is 5.92 Å². The van der Waals surface area contributed by atoms with Gasteiger partial charge in [-0.25, -0.2) is 4.79 Å². The summed E-state index contributed by atoms with van der Waals surface area (Å²) < 4.78 is 10.4. The zero-order valence-corrected chi connectivity index (χ0v) is 15.7. The molecule has 146 valence electrons. The van der Waals surface area contributed by atoms with Gasteiger partial charge in [0.25, 0.3) is 5.97 Å². The molecule has 1 rings (SSSR count). The van der Waals surface area contributed by atoms with Crippen LogP contribution < -0.4 is 5.32 Å². The monoisotopic (exact) mass is 359 g/mol. The minimum Gasteiger partial charge on any atom is -0.481 e. The third-order valence-electron chi connectivity index (χ3n) is 3.74. The van der Waals surface area contributed by atoms with E-state index in [0.717, 1.165) is 19.8 Å². The van der Waals surface area contributed by atoms with Crippen molar-refractivity contribution in [2.75, 3.05) is 6.54 Å². The second-order valence-electron chi connectivity index (χ2n) is 6.27. The Balaban J connectivity index is 0.00000129. The topological polar surface area (TPSA) is 102 Å². The molecule has 0 bridgehead atoms. The lowest BCUT2D eigenvalue weighted by Crippen LogP contribution is -2.35. The molecule has 1 atom stereocenters. The SMILES string of the molecule is CC(=O)O.CCCC(=O)OC(CCC)OC(=O)NCC1CCCCC1. The molecule has 0 aliphatic heterocycles. The summed E-state index contributed by atoms with van der Waals surface area (Å²) >= 11 is 0. The number of rotatable bonds is 8. The Labute approximate surface area is 150 Å². The van der Waals surface area contributed by atoms with E-state index in [2.05, 4.69) is 5.32 Å². The molecule has 0 heterocycles. The van der Waals surface area contributed by atoms with Gasteiger partial charge in [0.05, 0.1) is 0 Å². The van der Waals surface area contributed by atoms with Gasteiger partial charge in [0.2, 0.25) is 6.29 Å². The molecule has 2 N–H and O–H groups in total. The van der Waals surface area contributed by atoms with Crippen molar-refractivity contribution >= 4 is 18.0 Å². The minimum atomic E-state index is -0.833. The van der Waals surface area contributed by atoms with E-state index in [-0.39, 0.29) is 5.97 Å². The lowest BCUT2D eigenvalue weighted by atomic mass is 9.89. The normalized spacial score (nSPS) is 15.3. The van der Waals surface area contributed by atoms with Gasteiger partial charge in [-0.2, -0.15) is 0 Å². The van der Waals surface area contributed by atoms with Crippen molar-refractivity contribution < 1.29 is 29.0 Å². The first-order chi connectivity index (χ1) is 11.9. The third kappa shape index (κ3) is 14.3. The summed E-state index contributed by atoms with van der Waals surface area (Å²) in [4.78, 5) is 32.3. The van der Waals surface area contributed by atoms with Crippen molar-refractivity contribution in [3.8, 4) is 0 Å². The van der Waals surface area contributed by atoms with E-state index in [0.29, 0.717) is 25.3 Å². The van der Waals surface area contributed by atoms with E-state index >= 15 is 0 Å². The van der Waals surface area contributed by atoms with Crippen molar-refractivity contribution in [2.45, 2.75) is 84.8 Å². The number of carboxylic acid groups (broad SMARTS) is 1. The Morgan fingerprint density at radius 2 is 1.68 bits per heavy atom. The van der Waals surface area contributed by atoms with Gasteiger partial charge in [-0.15, -0.1) is 0 Å². The first-order valence-corrected chi connectivity index (χ1v) is 9.22. The number of carboxylic acids is 1. The minimum absolute atomic E-state index is 0.309. The highest BCUT2D eigenvalue weighted by Gasteiger charge is 2.19. The summed E-state index contributed by atoms with van der Waals surface area (Å²) in [7, 11) is 0. The van der Waals surface area contributed by atoms with Crippen LogP contribution in [0.2, 0.25) is 0 Å². The Kier molecular flexibility index (Phi) is 13.5. The molecule has 1 saturated carbocycles. The predicted molar refractivity (Wildman–Crippen MR) is 94.1 cm³/mol. The van der Waals surface area contributed by atoms with Gasteiger partial charge in [0.1, 0.15) is 0 Å². The summed E-state index contributed by atoms with van der Waals surface area (Å²) in [6, 6.07) is 0. The van der Waals surface area contributed by atoms with Crippen molar-refractivity contribution in [1.82, 2.24) is 5.32 Å². The first-order valence-electron chi connectivity index (χ1n) is 9.22. The lowest BCUT2D eigenvalue weighted by molar-refractivity contribution is -0.168. The van der Waals surface area contributed by atoms with Crippen LogP contribution >= 0.6 is 0 Å². The van der Waals surface area contributed by atoms with Gasteiger partial charge in [-0.3, -0.25) is 9.59 Å². The smallest absolute Gasteiger partial charge is 0.410 e. The van der Waals surface area contributed by atoms with Crippen LogP contribution in [-0.4, -0.2) is 36.0 Å². The van der Waals surface area contributed by atoms with Crippen LogP contribution in [0.15, 0.2) is 0 Å². The maximum Gasteiger partial charge on any atom is 0.410 e. The molecule has 25 heavy (non-hydrogen) atoms. The van der Waals surface area contributed by atoms with Gasteiger partial charge >= 0.3 is 12.1 Å². The number of hydrogen-bond donors (Lipinski definition) is 2. The van der Waals surface area contributed by atoms with Crippen molar-refractivity contribution in [1.29, 1.82) is 0 Å². The Hall–Kier alpha value is -1.79. The lowest BCUT2D eigenvalue weighted by Gasteiger charge is -2.22. The number of aliphatic carboxylic acids is 1. The molecule has 0 radical (unpaired) electrons. The number of amides is 1. The van der Waals surface area contributed by atoms with E-state index in [4.69, 9.17) is 19.4 Å². The number of nitrogens with one attached hydrogen (secondary N) is 1. The summed E-state index contributed by atoms with van der Waals surface area (Å²) in [5.41, 5.74) is 0. The Morgan fingerprint density at radius 3 is 2.20 bits per heavy atom. The van der Waals surface area contributed by atoms with Gasteiger partial charge < -0.3 is 19.9 Å². The predicted octanol–water partition coefficient (Wildman–Crippen LogP) is 3.85. The second-order valence-corrected chi connectivity index (χ2v) is 6.27. The molecule has 0 aromatic rings. The summed E-state index contributed by atoms with van der Waals surface area (Å²) in [6.07, 6.45) is 7.29. The second kappa shape index (κ2) is 14.5. The van der Waals surface area contributed by atoms with Crippen LogP contribution in [-0.2, 0) is 19.1 Å². The molecule has 1 aliphatic rings. The average molecular weight is 359 g/mol. The molecule has 1 fully saturated rings.